The smallest absolute Gasteiger partial charge is 0.154 e. The molecule has 0 fully saturated rings. The Morgan fingerprint density at radius 3 is 2.15 bits per heavy atom. The van der Waals surface area contributed by atoms with Crippen molar-refractivity contribution in [3.63, 3.8) is 0 Å². The lowest BCUT2D eigenvalue weighted by Gasteiger charge is -2.15. The van der Waals surface area contributed by atoms with E-state index < -0.39 is 0 Å². The van der Waals surface area contributed by atoms with Gasteiger partial charge in [-0.3, -0.25) is 0 Å². The highest BCUT2D eigenvalue weighted by Crippen LogP contribution is 2.35. The number of benzene rings is 2. The van der Waals surface area contributed by atoms with Crippen LogP contribution in [0, 0.1) is 13.8 Å². The standard InChI is InChI=1S/C17H21NO2/c1-11(2)19-15-6-5-7-16(17(15)18)20-14-9-12(3)8-13(4)10-14/h5-11H,18H2,1-4H3. The molecule has 3 heteroatoms. The average molecular weight is 271 g/mol. The molecule has 0 bridgehead atoms. The van der Waals surface area contributed by atoms with E-state index in [0.717, 1.165) is 16.9 Å². The highest BCUT2D eigenvalue weighted by atomic mass is 16.5. The molecule has 2 N–H and O–H groups in total. The lowest BCUT2D eigenvalue weighted by molar-refractivity contribution is 0.243. The van der Waals surface area contributed by atoms with Gasteiger partial charge in [0.05, 0.1) is 6.10 Å². The van der Waals surface area contributed by atoms with Gasteiger partial charge in [0.15, 0.2) is 5.75 Å². The maximum atomic E-state index is 6.11. The van der Waals surface area contributed by atoms with Crippen LogP contribution >= 0.6 is 0 Å². The first-order valence-electron chi connectivity index (χ1n) is 6.77. The summed E-state index contributed by atoms with van der Waals surface area (Å²) in [6, 6.07) is 11.7. The molecule has 0 amide bonds. The molecule has 0 saturated carbocycles. The van der Waals surface area contributed by atoms with Crippen molar-refractivity contribution in [2.45, 2.75) is 33.8 Å². The minimum Gasteiger partial charge on any atom is -0.489 e. The summed E-state index contributed by atoms with van der Waals surface area (Å²) in [4.78, 5) is 0. The van der Waals surface area contributed by atoms with Crippen LogP contribution < -0.4 is 15.2 Å². The number of hydrogen-bond donors (Lipinski definition) is 1. The molecule has 0 aliphatic heterocycles. The fraction of sp³-hybridized carbons (Fsp3) is 0.294. The molecule has 0 aromatic heterocycles. The van der Waals surface area contributed by atoms with Crippen LogP contribution in [0.2, 0.25) is 0 Å². The fourth-order valence-corrected chi connectivity index (χ4v) is 2.09. The second-order valence-electron chi connectivity index (χ2n) is 5.26. The summed E-state index contributed by atoms with van der Waals surface area (Å²) in [5.74, 6) is 2.06. The number of nitrogens with two attached hydrogens (primary N) is 1. The lowest BCUT2D eigenvalue weighted by atomic mass is 10.1. The Kier molecular flexibility index (Phi) is 4.18. The van der Waals surface area contributed by atoms with E-state index in [1.165, 1.54) is 0 Å². The van der Waals surface area contributed by atoms with E-state index in [1.807, 2.05) is 58.0 Å². The fourth-order valence-electron chi connectivity index (χ4n) is 2.09. The number of hydrogen-bond acceptors (Lipinski definition) is 3. The molecular weight excluding hydrogens is 250 g/mol. The summed E-state index contributed by atoms with van der Waals surface area (Å²) >= 11 is 0. The van der Waals surface area contributed by atoms with Crippen molar-refractivity contribution in [1.82, 2.24) is 0 Å². The SMILES string of the molecule is Cc1cc(C)cc(Oc2cccc(OC(C)C)c2N)c1. The van der Waals surface area contributed by atoms with E-state index in [4.69, 9.17) is 15.2 Å². The third-order valence-corrected chi connectivity index (χ3v) is 2.81. The predicted octanol–water partition coefficient (Wildman–Crippen LogP) is 4.47. The van der Waals surface area contributed by atoms with Gasteiger partial charge in [0.1, 0.15) is 17.2 Å². The molecule has 0 saturated heterocycles. The van der Waals surface area contributed by atoms with Gasteiger partial charge >= 0.3 is 0 Å². The summed E-state index contributed by atoms with van der Waals surface area (Å²) < 4.78 is 11.6. The first-order chi connectivity index (χ1) is 9.45. The van der Waals surface area contributed by atoms with Crippen LogP contribution in [0.25, 0.3) is 0 Å². The molecule has 0 radical (unpaired) electrons. The van der Waals surface area contributed by atoms with Gasteiger partial charge in [-0.05, 0) is 63.1 Å². The maximum Gasteiger partial charge on any atom is 0.154 e. The van der Waals surface area contributed by atoms with Crippen LogP contribution in [-0.4, -0.2) is 6.10 Å². The second kappa shape index (κ2) is 5.87. The summed E-state index contributed by atoms with van der Waals surface area (Å²) in [6.45, 7) is 8.02. The Morgan fingerprint density at radius 1 is 0.950 bits per heavy atom. The second-order valence-corrected chi connectivity index (χ2v) is 5.26. The van der Waals surface area contributed by atoms with Gasteiger partial charge in [-0.2, -0.15) is 0 Å². The van der Waals surface area contributed by atoms with Crippen molar-refractivity contribution in [2.75, 3.05) is 5.73 Å². The van der Waals surface area contributed by atoms with E-state index in [9.17, 15) is 0 Å². The van der Waals surface area contributed by atoms with Crippen molar-refractivity contribution in [1.29, 1.82) is 0 Å². The molecule has 0 spiro atoms. The number of anilines is 1. The zero-order valence-corrected chi connectivity index (χ0v) is 12.4. The molecule has 0 aliphatic carbocycles. The minimum absolute atomic E-state index is 0.0776. The van der Waals surface area contributed by atoms with Gasteiger partial charge in [-0.1, -0.05) is 12.1 Å². The van der Waals surface area contributed by atoms with Crippen molar-refractivity contribution < 1.29 is 9.47 Å². The van der Waals surface area contributed by atoms with Crippen molar-refractivity contribution in [3.05, 3.63) is 47.5 Å². The maximum absolute atomic E-state index is 6.11. The normalized spacial score (nSPS) is 10.7. The van der Waals surface area contributed by atoms with Crippen LogP contribution in [-0.2, 0) is 0 Å². The van der Waals surface area contributed by atoms with Crippen LogP contribution in [0.5, 0.6) is 17.2 Å². The van der Waals surface area contributed by atoms with Crippen LogP contribution in [0.3, 0.4) is 0 Å². The third kappa shape index (κ3) is 3.44. The van der Waals surface area contributed by atoms with Gasteiger partial charge < -0.3 is 15.2 Å². The van der Waals surface area contributed by atoms with Gasteiger partial charge in [-0.15, -0.1) is 0 Å². The summed E-state index contributed by atoms with van der Waals surface area (Å²) in [6.07, 6.45) is 0.0776. The largest absolute Gasteiger partial charge is 0.489 e. The topological polar surface area (TPSA) is 44.5 Å². The molecule has 3 nitrogen and oxygen atoms in total. The number of ether oxygens (including phenoxy) is 2. The van der Waals surface area contributed by atoms with E-state index in [1.54, 1.807) is 0 Å². The molecule has 2 aromatic carbocycles. The Labute approximate surface area is 120 Å². The Bertz CT molecular complexity index is 586. The molecule has 0 aliphatic rings. The average Bonchev–Trinajstić information content (AvgIpc) is 2.32. The third-order valence-electron chi connectivity index (χ3n) is 2.81. The number of rotatable bonds is 4. The molecule has 106 valence electrons. The van der Waals surface area contributed by atoms with E-state index in [-0.39, 0.29) is 6.10 Å². The van der Waals surface area contributed by atoms with Gasteiger partial charge in [-0.25, -0.2) is 0 Å². The summed E-state index contributed by atoms with van der Waals surface area (Å²) in [7, 11) is 0. The molecule has 0 atom stereocenters. The molecule has 0 unspecified atom stereocenters. The highest BCUT2D eigenvalue weighted by Gasteiger charge is 2.09. The summed E-state index contributed by atoms with van der Waals surface area (Å²) in [5, 5.41) is 0. The Morgan fingerprint density at radius 2 is 1.55 bits per heavy atom. The number of para-hydroxylation sites is 1. The van der Waals surface area contributed by atoms with Crippen molar-refractivity contribution in [2.24, 2.45) is 0 Å². The molecule has 0 heterocycles. The van der Waals surface area contributed by atoms with Crippen LogP contribution in [0.1, 0.15) is 25.0 Å². The monoisotopic (exact) mass is 271 g/mol. The van der Waals surface area contributed by atoms with E-state index in [2.05, 4.69) is 6.07 Å². The van der Waals surface area contributed by atoms with Gasteiger partial charge in [0, 0.05) is 0 Å². The first-order valence-corrected chi connectivity index (χ1v) is 6.77. The molecule has 20 heavy (non-hydrogen) atoms. The lowest BCUT2D eigenvalue weighted by Crippen LogP contribution is -2.07. The molecule has 2 rings (SSSR count). The van der Waals surface area contributed by atoms with Gasteiger partial charge in [0.2, 0.25) is 0 Å². The minimum atomic E-state index is 0.0776. The number of aryl methyl sites for hydroxylation is 2. The van der Waals surface area contributed by atoms with E-state index >= 15 is 0 Å². The van der Waals surface area contributed by atoms with Crippen LogP contribution in [0.15, 0.2) is 36.4 Å². The Balaban J connectivity index is 2.29. The molecular formula is C17H21NO2. The number of nitrogen functional groups attached to an aromatic ring is 1. The van der Waals surface area contributed by atoms with Crippen LogP contribution in [0.4, 0.5) is 5.69 Å². The zero-order chi connectivity index (χ0) is 14.7. The zero-order valence-electron chi connectivity index (χ0n) is 12.4. The Hall–Kier alpha value is -2.16. The van der Waals surface area contributed by atoms with Crippen molar-refractivity contribution >= 4 is 5.69 Å². The summed E-state index contributed by atoms with van der Waals surface area (Å²) in [5.41, 5.74) is 8.95. The quantitative estimate of drug-likeness (QED) is 0.835. The van der Waals surface area contributed by atoms with Gasteiger partial charge in [0.25, 0.3) is 0 Å². The highest BCUT2D eigenvalue weighted by molar-refractivity contribution is 5.63. The van der Waals surface area contributed by atoms with E-state index in [0.29, 0.717) is 17.2 Å². The predicted molar refractivity (Wildman–Crippen MR) is 82.6 cm³/mol. The van der Waals surface area contributed by atoms with Crippen molar-refractivity contribution in [3.8, 4) is 17.2 Å². The first kappa shape index (κ1) is 14.3. The molecule has 2 aromatic rings.